The third kappa shape index (κ3) is 4.45. The van der Waals surface area contributed by atoms with Gasteiger partial charge in [0.15, 0.2) is 5.78 Å². The number of aromatic nitrogens is 3. The number of hydrogen-bond donors (Lipinski definition) is 0. The van der Waals surface area contributed by atoms with Crippen LogP contribution in [-0.2, 0) is 11.3 Å². The molecule has 2 heterocycles. The maximum atomic E-state index is 13.3. The Kier molecular flexibility index (Phi) is 6.67. The van der Waals surface area contributed by atoms with E-state index >= 15 is 0 Å². The molecule has 7 heteroatoms. The van der Waals surface area contributed by atoms with Crippen LogP contribution in [0.3, 0.4) is 0 Å². The van der Waals surface area contributed by atoms with Gasteiger partial charge >= 0.3 is 0 Å². The zero-order valence-electron chi connectivity index (χ0n) is 18.3. The molecule has 0 bridgehead atoms. The quantitative estimate of drug-likeness (QED) is 0.264. The monoisotopic (exact) mass is 449 g/mol. The molecule has 0 unspecified atom stereocenters. The van der Waals surface area contributed by atoms with E-state index in [-0.39, 0.29) is 17.4 Å². The molecule has 0 aliphatic heterocycles. The number of benzene rings is 2. The number of aryl methyl sites for hydroxylation is 1. The molecule has 2 aromatic carbocycles. The number of thioether (sulfide) groups is 1. The number of hydrogen-bond acceptors (Lipinski definition) is 5. The summed E-state index contributed by atoms with van der Waals surface area (Å²) in [6, 6.07) is 16.0. The zero-order chi connectivity index (χ0) is 22.7. The Bertz CT molecular complexity index is 1270. The Labute approximate surface area is 190 Å². The highest BCUT2D eigenvalue weighted by Gasteiger charge is 2.18. The number of ether oxygens (including phenoxy) is 1. The Morgan fingerprint density at radius 2 is 1.78 bits per heavy atom. The number of rotatable bonds is 8. The summed E-state index contributed by atoms with van der Waals surface area (Å²) < 4.78 is 20.6. The molecule has 32 heavy (non-hydrogen) atoms. The lowest BCUT2D eigenvalue weighted by Crippen LogP contribution is -2.09. The fourth-order valence-electron chi connectivity index (χ4n) is 3.83. The van der Waals surface area contributed by atoms with Crippen LogP contribution < -0.4 is 0 Å². The second kappa shape index (κ2) is 9.63. The topological polar surface area (TPSA) is 57.0 Å². The fourth-order valence-corrected chi connectivity index (χ4v) is 4.68. The van der Waals surface area contributed by atoms with Gasteiger partial charge in [-0.25, -0.2) is 4.39 Å². The van der Waals surface area contributed by atoms with Crippen molar-refractivity contribution in [3.05, 3.63) is 77.4 Å². The van der Waals surface area contributed by atoms with Gasteiger partial charge in [0.1, 0.15) is 16.5 Å². The van der Waals surface area contributed by atoms with E-state index in [9.17, 15) is 9.18 Å². The number of halogens is 1. The van der Waals surface area contributed by atoms with E-state index in [1.54, 1.807) is 19.2 Å². The molecule has 0 saturated carbocycles. The van der Waals surface area contributed by atoms with Gasteiger partial charge < -0.3 is 9.30 Å². The Balaban J connectivity index is 1.59. The van der Waals surface area contributed by atoms with Gasteiger partial charge in [0.25, 0.3) is 0 Å². The zero-order valence-corrected chi connectivity index (χ0v) is 19.1. The van der Waals surface area contributed by atoms with Crippen LogP contribution in [0.15, 0.2) is 59.6 Å². The van der Waals surface area contributed by atoms with Crippen LogP contribution in [0.4, 0.5) is 4.39 Å². The molecule has 0 spiro atoms. The minimum absolute atomic E-state index is 0.0558. The normalized spacial score (nSPS) is 11.2. The number of Topliss-reactive ketones (excluding diaryl/α,β-unsaturated/α-hetero) is 1. The van der Waals surface area contributed by atoms with Gasteiger partial charge in [0, 0.05) is 46.9 Å². The summed E-state index contributed by atoms with van der Waals surface area (Å²) in [4.78, 5) is 13.0. The first kappa shape index (κ1) is 22.2. The van der Waals surface area contributed by atoms with Gasteiger partial charge in [-0.15, -0.1) is 10.2 Å². The number of carbonyl (C=O) groups is 1. The number of nitrogens with zero attached hydrogens (tertiary/aromatic N) is 3. The van der Waals surface area contributed by atoms with E-state index in [2.05, 4.69) is 14.8 Å². The van der Waals surface area contributed by atoms with E-state index in [1.807, 2.05) is 44.2 Å². The number of fused-ring (bicyclic) bond motifs is 1. The van der Waals surface area contributed by atoms with Gasteiger partial charge in [-0.05, 0) is 44.2 Å². The van der Waals surface area contributed by atoms with Gasteiger partial charge in [-0.3, -0.25) is 4.79 Å². The van der Waals surface area contributed by atoms with Crippen LogP contribution in [0.5, 0.6) is 0 Å². The molecular weight excluding hydrogens is 425 g/mol. The fraction of sp³-hybridized carbons (Fsp3) is 0.240. The van der Waals surface area contributed by atoms with E-state index in [0.717, 1.165) is 39.8 Å². The second-order valence-electron chi connectivity index (χ2n) is 7.55. The largest absolute Gasteiger partial charge is 0.383 e. The molecule has 0 N–H and O–H groups in total. The maximum Gasteiger partial charge on any atom is 0.174 e. The Morgan fingerprint density at radius 1 is 1.06 bits per heavy atom. The molecule has 0 amide bonds. The van der Waals surface area contributed by atoms with Gasteiger partial charge in [0.05, 0.1) is 12.4 Å². The van der Waals surface area contributed by atoms with Gasteiger partial charge in [0.2, 0.25) is 0 Å². The number of ketones is 1. The van der Waals surface area contributed by atoms with Crippen molar-refractivity contribution in [3.8, 4) is 11.3 Å². The lowest BCUT2D eigenvalue weighted by atomic mass is 10.1. The molecule has 0 saturated heterocycles. The first-order valence-electron chi connectivity index (χ1n) is 10.3. The van der Waals surface area contributed by atoms with Crippen molar-refractivity contribution in [1.82, 2.24) is 14.8 Å². The summed E-state index contributed by atoms with van der Waals surface area (Å²) in [5.74, 6) is 0.0295. The average Bonchev–Trinajstić information content (AvgIpc) is 3.09. The molecule has 0 aliphatic carbocycles. The third-order valence-corrected chi connectivity index (χ3v) is 6.49. The van der Waals surface area contributed by atoms with Crippen molar-refractivity contribution in [2.75, 3.05) is 19.5 Å². The van der Waals surface area contributed by atoms with Gasteiger partial charge in [-0.2, -0.15) is 0 Å². The molecule has 0 aliphatic rings. The molecular formula is C25H24FN3O2S. The summed E-state index contributed by atoms with van der Waals surface area (Å²) in [5, 5.41) is 11.3. The third-order valence-electron chi connectivity index (χ3n) is 5.50. The highest BCUT2D eigenvalue weighted by molar-refractivity contribution is 8.00. The number of methoxy groups -OCH3 is 1. The number of carbonyl (C=O) groups excluding carboxylic acids is 1. The summed E-state index contributed by atoms with van der Waals surface area (Å²) in [5.41, 5.74) is 4.21. The molecule has 164 valence electrons. The van der Waals surface area contributed by atoms with Crippen molar-refractivity contribution < 1.29 is 13.9 Å². The van der Waals surface area contributed by atoms with Crippen LogP contribution >= 0.6 is 11.8 Å². The molecule has 4 rings (SSSR count). The molecule has 5 nitrogen and oxygen atoms in total. The van der Waals surface area contributed by atoms with E-state index in [4.69, 9.17) is 4.74 Å². The van der Waals surface area contributed by atoms with Crippen LogP contribution in [0.2, 0.25) is 0 Å². The standard InChI is InChI=1S/C25H24FN3O2S/c1-16-14-22(17(2)29(16)12-13-31-3)23(30)15-32-25-21-7-5-4-6-20(21)24(27-28-25)18-8-10-19(26)11-9-18/h4-11,14H,12-13,15H2,1-3H3. The van der Waals surface area contributed by atoms with E-state index < -0.39 is 0 Å². The summed E-state index contributed by atoms with van der Waals surface area (Å²) in [6.45, 7) is 5.28. The van der Waals surface area contributed by atoms with Crippen molar-refractivity contribution >= 4 is 28.3 Å². The Morgan fingerprint density at radius 3 is 2.50 bits per heavy atom. The van der Waals surface area contributed by atoms with Crippen molar-refractivity contribution in [3.63, 3.8) is 0 Å². The predicted molar refractivity (Wildman–Crippen MR) is 126 cm³/mol. The first-order valence-corrected chi connectivity index (χ1v) is 11.3. The molecule has 0 radical (unpaired) electrons. The van der Waals surface area contributed by atoms with E-state index in [0.29, 0.717) is 17.3 Å². The highest BCUT2D eigenvalue weighted by atomic mass is 32.2. The summed E-state index contributed by atoms with van der Waals surface area (Å²) in [6.07, 6.45) is 0. The molecule has 4 aromatic rings. The van der Waals surface area contributed by atoms with Crippen molar-refractivity contribution in [2.24, 2.45) is 0 Å². The SMILES string of the molecule is COCCn1c(C)cc(C(=O)CSc2nnc(-c3ccc(F)cc3)c3ccccc23)c1C. The molecule has 0 atom stereocenters. The average molecular weight is 450 g/mol. The molecule has 2 aromatic heterocycles. The lowest BCUT2D eigenvalue weighted by molar-refractivity contribution is 0.102. The maximum absolute atomic E-state index is 13.3. The van der Waals surface area contributed by atoms with Crippen LogP contribution in [0.25, 0.3) is 22.0 Å². The summed E-state index contributed by atoms with van der Waals surface area (Å²) >= 11 is 1.38. The Hall–Kier alpha value is -3.03. The smallest absolute Gasteiger partial charge is 0.174 e. The van der Waals surface area contributed by atoms with Crippen LogP contribution in [-0.4, -0.2) is 40.0 Å². The van der Waals surface area contributed by atoms with Crippen molar-refractivity contribution in [2.45, 2.75) is 25.4 Å². The van der Waals surface area contributed by atoms with E-state index in [1.165, 1.54) is 23.9 Å². The highest BCUT2D eigenvalue weighted by Crippen LogP contribution is 2.32. The van der Waals surface area contributed by atoms with Crippen molar-refractivity contribution in [1.29, 1.82) is 0 Å². The van der Waals surface area contributed by atoms with Crippen LogP contribution in [0, 0.1) is 19.7 Å². The summed E-state index contributed by atoms with van der Waals surface area (Å²) in [7, 11) is 1.67. The molecule has 0 fully saturated rings. The lowest BCUT2D eigenvalue weighted by Gasteiger charge is -2.10. The van der Waals surface area contributed by atoms with Gasteiger partial charge in [-0.1, -0.05) is 36.0 Å². The second-order valence-corrected chi connectivity index (χ2v) is 8.51. The minimum atomic E-state index is -0.293. The van der Waals surface area contributed by atoms with Crippen LogP contribution in [0.1, 0.15) is 21.7 Å². The minimum Gasteiger partial charge on any atom is -0.383 e. The first-order chi connectivity index (χ1) is 15.5. The predicted octanol–water partition coefficient (Wildman–Crippen LogP) is 5.48.